The number of ether oxygens (including phenoxy) is 2. The summed E-state index contributed by atoms with van der Waals surface area (Å²) in [7, 11) is 0. The van der Waals surface area contributed by atoms with Crippen molar-refractivity contribution in [2.75, 3.05) is 13.2 Å². The zero-order chi connectivity index (χ0) is 18.8. The Balaban J connectivity index is 1.46. The topological polar surface area (TPSA) is 52.6 Å². The molecule has 8 atom stereocenters. The van der Waals surface area contributed by atoms with E-state index in [0.717, 1.165) is 30.6 Å². The molecule has 8 unspecified atom stereocenters. The summed E-state index contributed by atoms with van der Waals surface area (Å²) in [6.07, 6.45) is 6.64. The molecule has 3 aliphatic carbocycles. The average Bonchev–Trinajstić information content (AvgIpc) is 3.33. The molecule has 3 aliphatic rings. The van der Waals surface area contributed by atoms with Crippen molar-refractivity contribution in [1.82, 2.24) is 0 Å². The van der Waals surface area contributed by atoms with E-state index in [1.165, 1.54) is 25.7 Å². The molecule has 4 heteroatoms. The van der Waals surface area contributed by atoms with E-state index in [4.69, 9.17) is 9.47 Å². The standard InChI is InChI=1S/C22H36O4/c1-5-13(3)21(23)25-11-15-7-18-16-9-17(19(10-16)20(18)8-15)12-26-22(24)14(4)6-2/h13-20H,5-12H2,1-4H3. The third-order valence-electron chi connectivity index (χ3n) is 7.63. The van der Waals surface area contributed by atoms with Gasteiger partial charge in [0.2, 0.25) is 0 Å². The van der Waals surface area contributed by atoms with Gasteiger partial charge in [-0.15, -0.1) is 0 Å². The van der Waals surface area contributed by atoms with Crippen LogP contribution in [-0.2, 0) is 19.1 Å². The molecule has 0 heterocycles. The van der Waals surface area contributed by atoms with Crippen LogP contribution in [0.5, 0.6) is 0 Å². The van der Waals surface area contributed by atoms with Gasteiger partial charge in [0, 0.05) is 0 Å². The Morgan fingerprint density at radius 2 is 1.38 bits per heavy atom. The summed E-state index contributed by atoms with van der Waals surface area (Å²) in [5.41, 5.74) is 0. The molecular weight excluding hydrogens is 328 g/mol. The first-order chi connectivity index (χ1) is 12.4. The van der Waals surface area contributed by atoms with Crippen molar-refractivity contribution >= 4 is 11.9 Å². The van der Waals surface area contributed by atoms with Gasteiger partial charge in [-0.1, -0.05) is 27.7 Å². The highest BCUT2D eigenvalue weighted by Crippen LogP contribution is 2.62. The molecule has 0 spiro atoms. The van der Waals surface area contributed by atoms with E-state index in [2.05, 4.69) is 0 Å². The summed E-state index contributed by atoms with van der Waals surface area (Å²) in [6.45, 7) is 9.15. The Kier molecular flexibility index (Phi) is 6.29. The Morgan fingerprint density at radius 1 is 0.808 bits per heavy atom. The first-order valence-electron chi connectivity index (χ1n) is 10.8. The van der Waals surface area contributed by atoms with Crippen LogP contribution in [-0.4, -0.2) is 25.2 Å². The van der Waals surface area contributed by atoms with E-state index in [1.54, 1.807) is 0 Å². The van der Waals surface area contributed by atoms with E-state index in [9.17, 15) is 9.59 Å². The van der Waals surface area contributed by atoms with Crippen LogP contribution in [0.4, 0.5) is 0 Å². The normalized spacial score (nSPS) is 37.2. The summed E-state index contributed by atoms with van der Waals surface area (Å²) >= 11 is 0. The minimum atomic E-state index is -0.0395. The van der Waals surface area contributed by atoms with E-state index >= 15 is 0 Å². The largest absolute Gasteiger partial charge is 0.465 e. The van der Waals surface area contributed by atoms with Gasteiger partial charge in [0.05, 0.1) is 25.0 Å². The van der Waals surface area contributed by atoms with Crippen molar-refractivity contribution in [2.45, 2.75) is 66.2 Å². The first kappa shape index (κ1) is 19.7. The van der Waals surface area contributed by atoms with Crippen molar-refractivity contribution in [2.24, 2.45) is 47.3 Å². The Bertz CT molecular complexity index is 516. The number of hydrogen-bond acceptors (Lipinski definition) is 4. The Labute approximate surface area is 158 Å². The summed E-state index contributed by atoms with van der Waals surface area (Å²) in [5, 5.41) is 0. The van der Waals surface area contributed by atoms with Crippen molar-refractivity contribution in [3.05, 3.63) is 0 Å². The molecule has 0 aliphatic heterocycles. The SMILES string of the molecule is CCC(C)C(=O)OCC1CC2C3CC(COC(=O)C(C)CC)C(C3)C2C1. The van der Waals surface area contributed by atoms with Gasteiger partial charge in [0.1, 0.15) is 0 Å². The molecule has 0 saturated heterocycles. The van der Waals surface area contributed by atoms with Crippen LogP contribution in [0.15, 0.2) is 0 Å². The van der Waals surface area contributed by atoms with Gasteiger partial charge in [0.25, 0.3) is 0 Å². The zero-order valence-electron chi connectivity index (χ0n) is 16.9. The molecule has 3 rings (SSSR count). The molecule has 148 valence electrons. The summed E-state index contributed by atoms with van der Waals surface area (Å²) in [5.74, 6) is 4.12. The highest BCUT2D eigenvalue weighted by molar-refractivity contribution is 5.72. The summed E-state index contributed by atoms with van der Waals surface area (Å²) < 4.78 is 11.2. The maximum absolute atomic E-state index is 12.0. The molecule has 0 amide bonds. The van der Waals surface area contributed by atoms with Gasteiger partial charge in [-0.05, 0) is 74.0 Å². The third-order valence-corrected chi connectivity index (χ3v) is 7.63. The number of rotatable bonds is 8. The van der Waals surface area contributed by atoms with Crippen LogP contribution in [0.1, 0.15) is 66.2 Å². The van der Waals surface area contributed by atoms with Crippen LogP contribution in [0.2, 0.25) is 0 Å². The van der Waals surface area contributed by atoms with Gasteiger partial charge in [-0.3, -0.25) is 9.59 Å². The monoisotopic (exact) mass is 364 g/mol. The minimum absolute atomic E-state index is 0.0108. The molecule has 0 aromatic heterocycles. The van der Waals surface area contributed by atoms with Crippen molar-refractivity contribution in [3.63, 3.8) is 0 Å². The van der Waals surface area contributed by atoms with Crippen LogP contribution < -0.4 is 0 Å². The number of carbonyl (C=O) groups is 2. The third kappa shape index (κ3) is 3.94. The zero-order valence-corrected chi connectivity index (χ0v) is 16.9. The highest BCUT2D eigenvalue weighted by atomic mass is 16.5. The molecule has 3 saturated carbocycles. The summed E-state index contributed by atoms with van der Waals surface area (Å²) in [6, 6.07) is 0. The van der Waals surface area contributed by atoms with Gasteiger partial charge < -0.3 is 9.47 Å². The number of hydrogen-bond donors (Lipinski definition) is 0. The van der Waals surface area contributed by atoms with E-state index in [1.807, 2.05) is 27.7 Å². The number of fused-ring (bicyclic) bond motifs is 5. The van der Waals surface area contributed by atoms with Gasteiger partial charge >= 0.3 is 11.9 Å². The van der Waals surface area contributed by atoms with Gasteiger partial charge in [-0.2, -0.15) is 0 Å². The lowest BCUT2D eigenvalue weighted by molar-refractivity contribution is -0.150. The fraction of sp³-hybridized carbons (Fsp3) is 0.909. The molecule has 0 N–H and O–H groups in total. The van der Waals surface area contributed by atoms with Crippen molar-refractivity contribution < 1.29 is 19.1 Å². The smallest absolute Gasteiger partial charge is 0.308 e. The Morgan fingerprint density at radius 3 is 2.00 bits per heavy atom. The molecule has 0 radical (unpaired) electrons. The second-order valence-electron chi connectivity index (χ2n) is 9.20. The molecule has 0 aromatic rings. The van der Waals surface area contributed by atoms with E-state index < -0.39 is 0 Å². The molecule has 2 bridgehead atoms. The maximum Gasteiger partial charge on any atom is 0.308 e. The second kappa shape index (κ2) is 8.31. The lowest BCUT2D eigenvalue weighted by Crippen LogP contribution is -2.29. The highest BCUT2D eigenvalue weighted by Gasteiger charge is 2.56. The molecule has 4 nitrogen and oxygen atoms in total. The number of esters is 2. The Hall–Kier alpha value is -1.06. The second-order valence-corrected chi connectivity index (χ2v) is 9.20. The average molecular weight is 365 g/mol. The summed E-state index contributed by atoms with van der Waals surface area (Å²) in [4.78, 5) is 23.9. The lowest BCUT2D eigenvalue weighted by atomic mass is 9.76. The first-order valence-corrected chi connectivity index (χ1v) is 10.8. The van der Waals surface area contributed by atoms with Crippen LogP contribution in [0.3, 0.4) is 0 Å². The van der Waals surface area contributed by atoms with Gasteiger partial charge in [-0.25, -0.2) is 0 Å². The van der Waals surface area contributed by atoms with Crippen molar-refractivity contribution in [1.29, 1.82) is 0 Å². The van der Waals surface area contributed by atoms with E-state index in [-0.39, 0.29) is 23.8 Å². The minimum Gasteiger partial charge on any atom is -0.465 e. The number of carbonyl (C=O) groups excluding carboxylic acids is 2. The molecule has 26 heavy (non-hydrogen) atoms. The quantitative estimate of drug-likeness (QED) is 0.597. The molecular formula is C22H36O4. The lowest BCUT2D eigenvalue weighted by Gasteiger charge is -2.31. The maximum atomic E-state index is 12.0. The van der Waals surface area contributed by atoms with Crippen molar-refractivity contribution in [3.8, 4) is 0 Å². The fourth-order valence-electron chi connectivity index (χ4n) is 5.66. The fourth-order valence-corrected chi connectivity index (χ4v) is 5.66. The van der Waals surface area contributed by atoms with Crippen LogP contribution in [0.25, 0.3) is 0 Å². The predicted octanol–water partition coefficient (Wildman–Crippen LogP) is 4.46. The van der Waals surface area contributed by atoms with Gasteiger partial charge in [0.15, 0.2) is 0 Å². The molecule has 3 fully saturated rings. The predicted molar refractivity (Wildman–Crippen MR) is 100 cm³/mol. The van der Waals surface area contributed by atoms with E-state index in [0.29, 0.717) is 31.0 Å². The van der Waals surface area contributed by atoms with Crippen LogP contribution >= 0.6 is 0 Å². The molecule has 0 aromatic carbocycles. The van der Waals surface area contributed by atoms with Crippen LogP contribution in [0, 0.1) is 47.3 Å².